The first-order chi connectivity index (χ1) is 9.24. The molecule has 0 radical (unpaired) electrons. The van der Waals surface area contributed by atoms with Gasteiger partial charge in [-0.1, -0.05) is 0 Å². The van der Waals surface area contributed by atoms with Crippen molar-refractivity contribution in [3.8, 4) is 0 Å². The number of pyridine rings is 1. The van der Waals surface area contributed by atoms with E-state index in [0.29, 0.717) is 25.6 Å². The number of aromatic carboxylic acids is 1. The molecule has 0 unspecified atom stereocenters. The van der Waals surface area contributed by atoms with Crippen molar-refractivity contribution in [1.82, 2.24) is 4.98 Å². The Morgan fingerprint density at radius 1 is 1.37 bits per heavy atom. The highest BCUT2D eigenvalue weighted by molar-refractivity contribution is 5.88. The average molecular weight is 268 g/mol. The molecule has 0 aliphatic carbocycles. The molecule has 1 heterocycles. The van der Waals surface area contributed by atoms with Crippen molar-refractivity contribution in [2.45, 2.75) is 12.8 Å². The lowest BCUT2D eigenvalue weighted by molar-refractivity contribution is 0.0691. The third-order valence-corrected chi connectivity index (χ3v) is 2.46. The summed E-state index contributed by atoms with van der Waals surface area (Å²) in [4.78, 5) is 14.8. The molecule has 1 aromatic heterocycles. The molecule has 0 aliphatic heterocycles. The molecule has 0 aliphatic rings. The van der Waals surface area contributed by atoms with Crippen molar-refractivity contribution in [3.63, 3.8) is 0 Å². The van der Waals surface area contributed by atoms with Crippen LogP contribution < -0.4 is 5.32 Å². The summed E-state index contributed by atoms with van der Waals surface area (Å²) in [5.74, 6) is -0.364. The lowest BCUT2D eigenvalue weighted by atomic mass is 10.2. The number of carbonyl (C=O) groups is 1. The Morgan fingerprint density at radius 2 is 2.21 bits per heavy atom. The van der Waals surface area contributed by atoms with Gasteiger partial charge in [-0.2, -0.15) is 0 Å². The van der Waals surface area contributed by atoms with Gasteiger partial charge in [0, 0.05) is 26.5 Å². The molecule has 0 amide bonds. The number of rotatable bonds is 10. The molecule has 1 aromatic rings. The molecule has 0 spiro atoms. The maximum atomic E-state index is 10.8. The Balaban J connectivity index is 2.12. The summed E-state index contributed by atoms with van der Waals surface area (Å²) >= 11 is 0. The van der Waals surface area contributed by atoms with Crippen molar-refractivity contribution < 1.29 is 19.4 Å². The van der Waals surface area contributed by atoms with Crippen LogP contribution in [0.25, 0.3) is 0 Å². The number of anilines is 1. The van der Waals surface area contributed by atoms with Crippen molar-refractivity contribution in [1.29, 1.82) is 0 Å². The fourth-order valence-corrected chi connectivity index (χ4v) is 1.45. The van der Waals surface area contributed by atoms with Gasteiger partial charge in [-0.05, 0) is 25.0 Å². The maximum absolute atomic E-state index is 10.8. The summed E-state index contributed by atoms with van der Waals surface area (Å²) in [6, 6.07) is 2.99. The lowest BCUT2D eigenvalue weighted by Crippen LogP contribution is -2.07. The van der Waals surface area contributed by atoms with Crippen LogP contribution in [0.1, 0.15) is 23.2 Å². The molecule has 0 saturated heterocycles. The molecule has 0 fully saturated rings. The van der Waals surface area contributed by atoms with Crippen molar-refractivity contribution in [2.75, 3.05) is 38.8 Å². The van der Waals surface area contributed by atoms with E-state index in [0.717, 1.165) is 19.4 Å². The van der Waals surface area contributed by atoms with E-state index in [9.17, 15) is 4.79 Å². The molecule has 19 heavy (non-hydrogen) atoms. The van der Waals surface area contributed by atoms with Gasteiger partial charge in [-0.15, -0.1) is 0 Å². The summed E-state index contributed by atoms with van der Waals surface area (Å²) in [6.45, 7) is 2.67. The molecule has 0 saturated carbocycles. The zero-order valence-corrected chi connectivity index (χ0v) is 11.1. The third kappa shape index (κ3) is 6.73. The number of nitrogens with one attached hydrogen (secondary N) is 1. The highest BCUT2D eigenvalue weighted by atomic mass is 16.5. The molecule has 1 rings (SSSR count). The van der Waals surface area contributed by atoms with Gasteiger partial charge in [0.15, 0.2) is 0 Å². The SMILES string of the molecule is COCCOCCCCNc1cc(C(=O)O)ccn1. The second-order valence-electron chi connectivity index (χ2n) is 3.97. The third-order valence-electron chi connectivity index (χ3n) is 2.46. The minimum atomic E-state index is -0.947. The molecule has 0 atom stereocenters. The molecule has 2 N–H and O–H groups in total. The van der Waals surface area contributed by atoms with Gasteiger partial charge in [0.2, 0.25) is 0 Å². The molecule has 6 nitrogen and oxygen atoms in total. The van der Waals surface area contributed by atoms with Gasteiger partial charge >= 0.3 is 5.97 Å². The molecule has 0 bridgehead atoms. The van der Waals surface area contributed by atoms with Crippen LogP contribution in [0.5, 0.6) is 0 Å². The lowest BCUT2D eigenvalue weighted by Gasteiger charge is -2.06. The van der Waals surface area contributed by atoms with Crippen LogP contribution in [0.3, 0.4) is 0 Å². The Morgan fingerprint density at radius 3 is 2.95 bits per heavy atom. The van der Waals surface area contributed by atoms with Crippen LogP contribution in [-0.4, -0.2) is 49.5 Å². The maximum Gasteiger partial charge on any atom is 0.335 e. The topological polar surface area (TPSA) is 80.7 Å². The van der Waals surface area contributed by atoms with Gasteiger partial charge in [0.1, 0.15) is 5.82 Å². The number of carboxylic acid groups (broad SMARTS) is 1. The first-order valence-electron chi connectivity index (χ1n) is 6.24. The smallest absolute Gasteiger partial charge is 0.335 e. The molecular formula is C13H20N2O4. The van der Waals surface area contributed by atoms with E-state index in [4.69, 9.17) is 14.6 Å². The summed E-state index contributed by atoms with van der Waals surface area (Å²) in [5, 5.41) is 11.9. The summed E-state index contributed by atoms with van der Waals surface area (Å²) in [5.41, 5.74) is 0.236. The van der Waals surface area contributed by atoms with Gasteiger partial charge < -0.3 is 19.9 Å². The second-order valence-corrected chi connectivity index (χ2v) is 3.97. The monoisotopic (exact) mass is 268 g/mol. The van der Waals surface area contributed by atoms with E-state index >= 15 is 0 Å². The Bertz CT molecular complexity index is 385. The largest absolute Gasteiger partial charge is 0.478 e. The molecule has 0 aromatic carbocycles. The number of nitrogens with zero attached hydrogens (tertiary/aromatic N) is 1. The highest BCUT2D eigenvalue weighted by Gasteiger charge is 2.03. The number of ether oxygens (including phenoxy) is 2. The van der Waals surface area contributed by atoms with Crippen molar-refractivity contribution in [3.05, 3.63) is 23.9 Å². The van der Waals surface area contributed by atoms with Crippen molar-refractivity contribution >= 4 is 11.8 Å². The first kappa shape index (κ1) is 15.4. The number of methoxy groups -OCH3 is 1. The molecular weight excluding hydrogens is 248 g/mol. The molecule has 6 heteroatoms. The van der Waals surface area contributed by atoms with Gasteiger partial charge in [0.05, 0.1) is 18.8 Å². The van der Waals surface area contributed by atoms with E-state index in [-0.39, 0.29) is 5.56 Å². The zero-order chi connectivity index (χ0) is 13.9. The second kappa shape index (κ2) is 9.29. The number of hydrogen-bond donors (Lipinski definition) is 2. The number of hydrogen-bond acceptors (Lipinski definition) is 5. The first-order valence-corrected chi connectivity index (χ1v) is 6.24. The average Bonchev–Trinajstić information content (AvgIpc) is 2.42. The van der Waals surface area contributed by atoms with Gasteiger partial charge in [-0.3, -0.25) is 0 Å². The van der Waals surface area contributed by atoms with Crippen LogP contribution in [0.15, 0.2) is 18.3 Å². The highest BCUT2D eigenvalue weighted by Crippen LogP contribution is 2.06. The number of carboxylic acids is 1. The van der Waals surface area contributed by atoms with E-state index in [1.54, 1.807) is 7.11 Å². The minimum absolute atomic E-state index is 0.236. The van der Waals surface area contributed by atoms with Crippen LogP contribution in [-0.2, 0) is 9.47 Å². The number of aromatic nitrogens is 1. The van der Waals surface area contributed by atoms with Gasteiger partial charge in [0.25, 0.3) is 0 Å². The Kier molecular flexibility index (Phi) is 7.53. The standard InChI is InChI=1S/C13H20N2O4/c1-18-8-9-19-7-3-2-5-14-12-10-11(13(16)17)4-6-15-12/h4,6,10H,2-3,5,7-9H2,1H3,(H,14,15)(H,16,17). The fourth-order valence-electron chi connectivity index (χ4n) is 1.45. The summed E-state index contributed by atoms with van der Waals surface area (Å²) in [7, 11) is 1.64. The fraction of sp³-hybridized carbons (Fsp3) is 0.538. The van der Waals surface area contributed by atoms with Crippen LogP contribution in [0.4, 0.5) is 5.82 Å². The quantitative estimate of drug-likeness (QED) is 0.628. The van der Waals surface area contributed by atoms with Crippen LogP contribution >= 0.6 is 0 Å². The summed E-state index contributed by atoms with van der Waals surface area (Å²) < 4.78 is 10.2. The van der Waals surface area contributed by atoms with E-state index in [1.807, 2.05) is 0 Å². The van der Waals surface area contributed by atoms with E-state index < -0.39 is 5.97 Å². The van der Waals surface area contributed by atoms with E-state index in [2.05, 4.69) is 10.3 Å². The Hall–Kier alpha value is -1.66. The van der Waals surface area contributed by atoms with Crippen LogP contribution in [0.2, 0.25) is 0 Å². The van der Waals surface area contributed by atoms with Crippen molar-refractivity contribution in [2.24, 2.45) is 0 Å². The predicted molar refractivity (Wildman–Crippen MR) is 71.6 cm³/mol. The van der Waals surface area contributed by atoms with Gasteiger partial charge in [-0.25, -0.2) is 9.78 Å². The Labute approximate surface area is 112 Å². The predicted octanol–water partition coefficient (Wildman–Crippen LogP) is 1.63. The van der Waals surface area contributed by atoms with Crippen LogP contribution in [0, 0.1) is 0 Å². The number of unbranched alkanes of at least 4 members (excludes halogenated alkanes) is 1. The zero-order valence-electron chi connectivity index (χ0n) is 11.1. The normalized spacial score (nSPS) is 10.4. The summed E-state index contributed by atoms with van der Waals surface area (Å²) in [6.07, 6.45) is 3.36. The molecule has 106 valence electrons. The van der Waals surface area contributed by atoms with E-state index in [1.165, 1.54) is 18.3 Å². The minimum Gasteiger partial charge on any atom is -0.478 e.